The van der Waals surface area contributed by atoms with Crippen LogP contribution >= 0.6 is 7.75 Å². The third-order valence-corrected chi connectivity index (χ3v) is 9.25. The Hall–Kier alpha value is -3.30. The van der Waals surface area contributed by atoms with E-state index < -0.39 is 75.2 Å². The van der Waals surface area contributed by atoms with E-state index in [1.807, 2.05) is 19.0 Å². The number of aromatic amines is 1. The molecule has 0 bridgehead atoms. The first-order valence-electron chi connectivity index (χ1n) is 14.5. The minimum atomic E-state index is -4.17. The summed E-state index contributed by atoms with van der Waals surface area (Å²) in [5, 5.41) is 23.9. The molecule has 0 spiro atoms. The van der Waals surface area contributed by atoms with E-state index >= 15 is 0 Å². The molecule has 8 N–H and O–H groups in total. The van der Waals surface area contributed by atoms with Crippen LogP contribution in [0.15, 0.2) is 28.2 Å². The average molecular weight is 671 g/mol. The van der Waals surface area contributed by atoms with Gasteiger partial charge in [0.1, 0.15) is 42.6 Å². The highest BCUT2D eigenvalue weighted by atomic mass is 31.2. The molecule has 8 atom stereocenters. The fourth-order valence-electron chi connectivity index (χ4n) is 5.33. The van der Waals surface area contributed by atoms with Gasteiger partial charge in [-0.2, -0.15) is 9.97 Å². The van der Waals surface area contributed by atoms with E-state index in [2.05, 4.69) is 25.0 Å². The van der Waals surface area contributed by atoms with Crippen molar-refractivity contribution in [1.82, 2.24) is 39.1 Å². The lowest BCUT2D eigenvalue weighted by atomic mass is 10.1. The molecule has 2 saturated heterocycles. The fourth-order valence-corrected chi connectivity index (χ4v) is 6.91. The molecular weight excluding hydrogens is 631 g/mol. The van der Waals surface area contributed by atoms with Gasteiger partial charge in [0.25, 0.3) is 5.56 Å². The van der Waals surface area contributed by atoms with Gasteiger partial charge in [0, 0.05) is 26.3 Å². The zero-order valence-corrected chi connectivity index (χ0v) is 26.4. The lowest BCUT2D eigenvalue weighted by molar-refractivity contribution is -0.0633. The first-order chi connectivity index (χ1) is 21.9. The van der Waals surface area contributed by atoms with Crippen LogP contribution in [0.1, 0.15) is 25.3 Å². The van der Waals surface area contributed by atoms with Gasteiger partial charge in [-0.3, -0.25) is 28.0 Å². The van der Waals surface area contributed by atoms with Gasteiger partial charge in [-0.15, -0.1) is 0 Å². The fraction of sp³-hybridized carbons (Fsp3) is 0.640. The Bertz CT molecular complexity index is 1670. The Kier molecular flexibility index (Phi) is 10.5. The van der Waals surface area contributed by atoms with Crippen molar-refractivity contribution in [3.8, 4) is 0 Å². The van der Waals surface area contributed by atoms with Crippen LogP contribution in [0.3, 0.4) is 0 Å². The van der Waals surface area contributed by atoms with Crippen molar-refractivity contribution >= 4 is 30.7 Å². The number of hydrogen-bond acceptors (Lipinski definition) is 16. The molecular formula is C25H39N10O10P. The van der Waals surface area contributed by atoms with Crippen molar-refractivity contribution in [3.05, 3.63) is 39.4 Å². The molecule has 21 heteroatoms. The number of rotatable bonds is 14. The smallest absolute Gasteiger partial charge is 0.394 e. The van der Waals surface area contributed by atoms with Gasteiger partial charge in [0.2, 0.25) is 5.95 Å². The highest BCUT2D eigenvalue weighted by molar-refractivity contribution is 7.51. The normalized spacial score (nSPS) is 27.9. The summed E-state index contributed by atoms with van der Waals surface area (Å²) in [5.74, 6) is -0.1000. The molecule has 3 aromatic rings. The van der Waals surface area contributed by atoms with Gasteiger partial charge in [-0.1, -0.05) is 0 Å². The Morgan fingerprint density at radius 3 is 2.70 bits per heavy atom. The maximum atomic E-state index is 14.2. The Balaban J connectivity index is 1.33. The number of imidazole rings is 1. The van der Waals surface area contributed by atoms with Gasteiger partial charge < -0.3 is 40.8 Å². The number of nitrogens with two attached hydrogens (primary N) is 2. The van der Waals surface area contributed by atoms with Crippen molar-refractivity contribution in [3.63, 3.8) is 0 Å². The summed E-state index contributed by atoms with van der Waals surface area (Å²) in [7, 11) is 0.974. The number of nitrogen functional groups attached to an aromatic ring is 2. The molecule has 46 heavy (non-hydrogen) atoms. The first-order valence-corrected chi connectivity index (χ1v) is 16.0. The number of nitrogens with one attached hydrogen (secondary N) is 2. The number of nitrogens with zero attached hydrogens (tertiary/aromatic N) is 6. The minimum absolute atomic E-state index is 0.0154. The van der Waals surface area contributed by atoms with Crippen LogP contribution in [-0.2, 0) is 27.8 Å². The summed E-state index contributed by atoms with van der Waals surface area (Å²) >= 11 is 0. The zero-order chi connectivity index (χ0) is 33.2. The lowest BCUT2D eigenvalue weighted by Crippen LogP contribution is -2.38. The van der Waals surface area contributed by atoms with Crippen LogP contribution in [0, 0.1) is 0 Å². The molecule has 2 aliphatic rings. The number of hydrogen-bond donors (Lipinski definition) is 6. The molecule has 5 rings (SSSR count). The number of H-pyrrole nitrogens is 1. The summed E-state index contributed by atoms with van der Waals surface area (Å²) in [5.41, 5.74) is 10.3. The lowest BCUT2D eigenvalue weighted by Gasteiger charge is -2.26. The summed E-state index contributed by atoms with van der Waals surface area (Å²) in [6.45, 7) is -0.00365. The maximum absolute atomic E-state index is 14.2. The standard InChI is InChI=1S/C25H39N10O10P/c1-33(2)7-4-6-29-46(40,42-11-15-19(37)20(41-3)23(44-15)34-8-5-16(26)30-25(34)39)45-13-9-17(43-14(13)10-36)35-12-28-18-21(35)31-24(27)32-22(18)38/h5,8,12-15,17,19-20,23,36-37H,4,6-7,9-11H2,1-3H3,(H,29,40)(H2,26,30,39)(H3,27,31,32,38)/t13?,14-,15-,17-,19?,20+,23-,46?/m1/s1. The second kappa shape index (κ2) is 14.2. The molecule has 5 heterocycles. The summed E-state index contributed by atoms with van der Waals surface area (Å²) in [6, 6.07) is 1.40. The second-order valence-corrected chi connectivity index (χ2v) is 12.9. The van der Waals surface area contributed by atoms with Crippen LogP contribution in [0.2, 0.25) is 0 Å². The van der Waals surface area contributed by atoms with Crippen molar-refractivity contribution in [2.24, 2.45) is 0 Å². The first kappa shape index (κ1) is 34.0. The number of aromatic nitrogens is 6. The molecule has 0 saturated carbocycles. The van der Waals surface area contributed by atoms with E-state index in [9.17, 15) is 24.4 Å². The summed E-state index contributed by atoms with van der Waals surface area (Å²) < 4.78 is 45.9. The minimum Gasteiger partial charge on any atom is -0.394 e. The highest BCUT2D eigenvalue weighted by Crippen LogP contribution is 2.49. The van der Waals surface area contributed by atoms with Crippen LogP contribution in [0.25, 0.3) is 11.2 Å². The molecule has 0 radical (unpaired) electrons. The zero-order valence-electron chi connectivity index (χ0n) is 25.5. The molecule has 0 aromatic carbocycles. The van der Waals surface area contributed by atoms with Crippen LogP contribution < -0.4 is 27.8 Å². The average Bonchev–Trinajstić information content (AvgIpc) is 3.69. The van der Waals surface area contributed by atoms with Gasteiger partial charge in [-0.05, 0) is 33.1 Å². The van der Waals surface area contributed by atoms with Crippen LogP contribution in [0.5, 0.6) is 0 Å². The van der Waals surface area contributed by atoms with Crippen molar-refractivity contribution in [2.45, 2.75) is 55.8 Å². The van der Waals surface area contributed by atoms with Crippen LogP contribution in [0.4, 0.5) is 11.8 Å². The number of aliphatic hydroxyl groups excluding tert-OH is 2. The Morgan fingerprint density at radius 2 is 2.00 bits per heavy atom. The number of aliphatic hydroxyl groups is 2. The quantitative estimate of drug-likeness (QED) is 0.0811. The third kappa shape index (κ3) is 7.31. The molecule has 0 aliphatic carbocycles. The highest BCUT2D eigenvalue weighted by Gasteiger charge is 2.48. The Labute approximate surface area is 262 Å². The van der Waals surface area contributed by atoms with E-state index in [4.69, 9.17) is 34.7 Å². The molecule has 2 aliphatic heterocycles. The van der Waals surface area contributed by atoms with E-state index in [1.165, 1.54) is 30.3 Å². The van der Waals surface area contributed by atoms with Gasteiger partial charge in [0.05, 0.1) is 19.5 Å². The number of anilines is 2. The van der Waals surface area contributed by atoms with Gasteiger partial charge in [-0.25, -0.2) is 19.4 Å². The SMILES string of the molecule is CO[C@H]1C(O)[C@@H](COP(=O)(NCCCN(C)C)OC2C[C@H](n3cnc4c(=O)[nH]c(N)nc43)O[C@@H]2CO)O[C@H]1n1ccc(N)nc1=O. The topological polar surface area (TPSA) is 269 Å². The van der Waals surface area contributed by atoms with Crippen molar-refractivity contribution in [2.75, 3.05) is 59.0 Å². The molecule has 2 fully saturated rings. The van der Waals surface area contributed by atoms with E-state index in [0.717, 1.165) is 4.57 Å². The number of methoxy groups -OCH3 is 1. The molecule has 254 valence electrons. The van der Waals surface area contributed by atoms with E-state index in [1.54, 1.807) is 0 Å². The van der Waals surface area contributed by atoms with E-state index in [-0.39, 0.29) is 35.9 Å². The third-order valence-electron chi connectivity index (χ3n) is 7.60. The predicted octanol–water partition coefficient (Wildman–Crippen LogP) is -1.85. The number of fused-ring (bicyclic) bond motifs is 1. The molecule has 3 aromatic heterocycles. The maximum Gasteiger partial charge on any atom is 0.405 e. The van der Waals surface area contributed by atoms with E-state index in [0.29, 0.717) is 13.0 Å². The Morgan fingerprint density at radius 1 is 1.22 bits per heavy atom. The molecule has 3 unspecified atom stereocenters. The molecule has 20 nitrogen and oxygen atoms in total. The summed E-state index contributed by atoms with van der Waals surface area (Å²) in [6.07, 6.45) is -3.77. The number of ether oxygens (including phenoxy) is 3. The second-order valence-electron chi connectivity index (χ2n) is 11.1. The predicted molar refractivity (Wildman–Crippen MR) is 161 cm³/mol. The van der Waals surface area contributed by atoms with Crippen molar-refractivity contribution in [1.29, 1.82) is 0 Å². The van der Waals surface area contributed by atoms with Crippen LogP contribution in [-0.4, -0.2) is 122 Å². The largest absolute Gasteiger partial charge is 0.405 e. The van der Waals surface area contributed by atoms with Gasteiger partial charge in [0.15, 0.2) is 17.4 Å². The monoisotopic (exact) mass is 670 g/mol. The van der Waals surface area contributed by atoms with Crippen molar-refractivity contribution < 1.29 is 38.0 Å². The molecule has 0 amide bonds. The van der Waals surface area contributed by atoms with Gasteiger partial charge >= 0.3 is 13.4 Å². The summed E-state index contributed by atoms with van der Waals surface area (Å²) in [4.78, 5) is 41.0.